The second kappa shape index (κ2) is 6.56. The molecule has 0 bridgehead atoms. The number of benzene rings is 2. The Morgan fingerprint density at radius 3 is 2.52 bits per heavy atom. The van der Waals surface area contributed by atoms with Crippen LogP contribution in [0.4, 0.5) is 10.1 Å². The third-order valence-electron chi connectivity index (χ3n) is 3.35. The van der Waals surface area contributed by atoms with E-state index in [4.69, 9.17) is 14.2 Å². The zero-order valence-corrected chi connectivity index (χ0v) is 12.6. The number of carbonyl (C=O) groups excluding carboxylic acids is 1. The maximum Gasteiger partial charge on any atom is 0.262 e. The van der Waals surface area contributed by atoms with Crippen LogP contribution in [0.5, 0.6) is 17.2 Å². The van der Waals surface area contributed by atoms with Crippen molar-refractivity contribution in [2.24, 2.45) is 0 Å². The number of nitrogens with one attached hydrogen (secondary N) is 1. The summed E-state index contributed by atoms with van der Waals surface area (Å²) in [7, 11) is 0. The summed E-state index contributed by atoms with van der Waals surface area (Å²) in [6, 6.07) is 9.05. The lowest BCUT2D eigenvalue weighted by molar-refractivity contribution is -0.118. The van der Waals surface area contributed by atoms with Crippen molar-refractivity contribution >= 4 is 11.6 Å². The lowest BCUT2D eigenvalue weighted by Gasteiger charge is -2.20. The van der Waals surface area contributed by atoms with E-state index in [0.29, 0.717) is 36.1 Å². The number of hydrogen-bond acceptors (Lipinski definition) is 4. The third-order valence-corrected chi connectivity index (χ3v) is 3.35. The number of amides is 1. The Kier molecular flexibility index (Phi) is 4.32. The normalized spacial score (nSPS) is 12.6. The van der Waals surface area contributed by atoms with Crippen molar-refractivity contribution in [1.29, 1.82) is 0 Å². The van der Waals surface area contributed by atoms with Gasteiger partial charge in [0.25, 0.3) is 5.91 Å². The molecule has 1 heterocycles. The number of carbonyl (C=O) groups is 1. The molecule has 120 valence electrons. The van der Waals surface area contributed by atoms with Crippen molar-refractivity contribution < 1.29 is 23.4 Å². The number of halogens is 1. The summed E-state index contributed by atoms with van der Waals surface area (Å²) in [5, 5.41) is 2.77. The van der Waals surface area contributed by atoms with Crippen LogP contribution in [0.15, 0.2) is 36.4 Å². The predicted octanol–water partition coefficient (Wildman–Crippen LogP) is 2.92. The van der Waals surface area contributed by atoms with E-state index in [9.17, 15) is 9.18 Å². The third kappa shape index (κ3) is 3.71. The summed E-state index contributed by atoms with van der Waals surface area (Å²) in [6.45, 7) is 2.70. The van der Waals surface area contributed by atoms with Gasteiger partial charge in [-0.05, 0) is 42.8 Å². The van der Waals surface area contributed by atoms with Crippen LogP contribution < -0.4 is 19.5 Å². The molecule has 5 nitrogen and oxygen atoms in total. The molecule has 0 aromatic heterocycles. The van der Waals surface area contributed by atoms with E-state index < -0.39 is 0 Å². The van der Waals surface area contributed by atoms with E-state index in [1.165, 1.54) is 24.3 Å². The minimum atomic E-state index is -0.353. The predicted molar refractivity (Wildman–Crippen MR) is 82.7 cm³/mol. The summed E-state index contributed by atoms with van der Waals surface area (Å²) in [5.41, 5.74) is 1.51. The summed E-state index contributed by atoms with van der Waals surface area (Å²) in [4.78, 5) is 12.0. The van der Waals surface area contributed by atoms with Gasteiger partial charge in [0, 0.05) is 11.8 Å². The largest absolute Gasteiger partial charge is 0.486 e. The van der Waals surface area contributed by atoms with Gasteiger partial charge in [-0.15, -0.1) is 0 Å². The van der Waals surface area contributed by atoms with Crippen molar-refractivity contribution in [3.63, 3.8) is 0 Å². The van der Waals surface area contributed by atoms with Crippen LogP contribution in [0.25, 0.3) is 0 Å². The fraction of sp³-hybridized carbons (Fsp3) is 0.235. The lowest BCUT2D eigenvalue weighted by Crippen LogP contribution is -2.21. The van der Waals surface area contributed by atoms with Gasteiger partial charge in [0.05, 0.1) is 0 Å². The van der Waals surface area contributed by atoms with E-state index in [2.05, 4.69) is 5.32 Å². The van der Waals surface area contributed by atoms with E-state index in [1.807, 2.05) is 13.0 Å². The molecule has 2 aromatic rings. The van der Waals surface area contributed by atoms with Crippen LogP contribution in [-0.4, -0.2) is 25.7 Å². The summed E-state index contributed by atoms with van der Waals surface area (Å²) in [6.07, 6.45) is 0. The maximum atomic E-state index is 12.8. The Labute approximate surface area is 133 Å². The number of aryl methyl sites for hydroxylation is 1. The number of rotatable bonds is 4. The van der Waals surface area contributed by atoms with Gasteiger partial charge in [-0.25, -0.2) is 4.39 Å². The standard InChI is InChI=1S/C17H16FNO4/c1-11-8-15-16(22-7-6-21-15)9-14(11)19-17(20)10-23-13-4-2-12(18)3-5-13/h2-5,8-9H,6-7,10H2,1H3,(H,19,20). The number of fused-ring (bicyclic) bond motifs is 1. The molecular formula is C17H16FNO4. The molecule has 6 heteroatoms. The molecule has 0 fully saturated rings. The van der Waals surface area contributed by atoms with Crippen LogP contribution in [-0.2, 0) is 4.79 Å². The highest BCUT2D eigenvalue weighted by molar-refractivity contribution is 5.93. The minimum Gasteiger partial charge on any atom is -0.486 e. The second-order valence-corrected chi connectivity index (χ2v) is 5.10. The molecular weight excluding hydrogens is 301 g/mol. The molecule has 0 unspecified atom stereocenters. The average molecular weight is 317 g/mol. The second-order valence-electron chi connectivity index (χ2n) is 5.10. The van der Waals surface area contributed by atoms with Gasteiger partial charge in [-0.3, -0.25) is 4.79 Å². The molecule has 0 aliphatic carbocycles. The minimum absolute atomic E-state index is 0.167. The molecule has 0 spiro atoms. The van der Waals surface area contributed by atoms with Gasteiger partial charge in [0.15, 0.2) is 18.1 Å². The Bertz CT molecular complexity index is 715. The maximum absolute atomic E-state index is 12.8. The smallest absolute Gasteiger partial charge is 0.262 e. The first kappa shape index (κ1) is 15.1. The van der Waals surface area contributed by atoms with E-state index in [-0.39, 0.29) is 18.3 Å². The number of anilines is 1. The molecule has 1 N–H and O–H groups in total. The van der Waals surface area contributed by atoms with Crippen molar-refractivity contribution in [3.05, 3.63) is 47.8 Å². The van der Waals surface area contributed by atoms with Crippen LogP contribution in [0.1, 0.15) is 5.56 Å². The molecule has 3 rings (SSSR count). The number of ether oxygens (including phenoxy) is 3. The quantitative estimate of drug-likeness (QED) is 0.942. The molecule has 2 aromatic carbocycles. The van der Waals surface area contributed by atoms with Crippen LogP contribution in [0.3, 0.4) is 0 Å². The topological polar surface area (TPSA) is 56.8 Å². The highest BCUT2D eigenvalue weighted by atomic mass is 19.1. The first-order valence-corrected chi connectivity index (χ1v) is 7.20. The number of hydrogen-bond donors (Lipinski definition) is 1. The zero-order chi connectivity index (χ0) is 16.2. The highest BCUT2D eigenvalue weighted by Crippen LogP contribution is 2.35. The molecule has 0 radical (unpaired) electrons. The van der Waals surface area contributed by atoms with Crippen molar-refractivity contribution in [2.75, 3.05) is 25.1 Å². The average Bonchev–Trinajstić information content (AvgIpc) is 2.55. The van der Waals surface area contributed by atoms with E-state index in [1.54, 1.807) is 6.07 Å². The van der Waals surface area contributed by atoms with Crippen LogP contribution >= 0.6 is 0 Å². The molecule has 0 saturated carbocycles. The monoisotopic (exact) mass is 317 g/mol. The SMILES string of the molecule is Cc1cc2c(cc1NC(=O)COc1ccc(F)cc1)OCCO2. The first-order chi connectivity index (χ1) is 11.1. The molecule has 0 saturated heterocycles. The van der Waals surface area contributed by atoms with Gasteiger partial charge in [-0.1, -0.05) is 0 Å². The summed E-state index contributed by atoms with van der Waals surface area (Å²) in [5.74, 6) is 1.05. The Morgan fingerprint density at radius 2 is 1.83 bits per heavy atom. The van der Waals surface area contributed by atoms with Crippen molar-refractivity contribution in [3.8, 4) is 17.2 Å². The Balaban J connectivity index is 1.62. The molecule has 1 aliphatic rings. The van der Waals surface area contributed by atoms with Gasteiger partial charge < -0.3 is 19.5 Å². The summed E-state index contributed by atoms with van der Waals surface area (Å²) >= 11 is 0. The zero-order valence-electron chi connectivity index (χ0n) is 12.6. The van der Waals surface area contributed by atoms with Crippen LogP contribution in [0.2, 0.25) is 0 Å². The van der Waals surface area contributed by atoms with Crippen molar-refractivity contribution in [1.82, 2.24) is 0 Å². The Morgan fingerprint density at radius 1 is 1.17 bits per heavy atom. The molecule has 0 atom stereocenters. The van der Waals surface area contributed by atoms with E-state index >= 15 is 0 Å². The molecule has 23 heavy (non-hydrogen) atoms. The fourth-order valence-corrected chi connectivity index (χ4v) is 2.19. The lowest BCUT2D eigenvalue weighted by atomic mass is 10.1. The summed E-state index contributed by atoms with van der Waals surface area (Å²) < 4.78 is 29.1. The van der Waals surface area contributed by atoms with E-state index in [0.717, 1.165) is 5.56 Å². The van der Waals surface area contributed by atoms with Gasteiger partial charge in [-0.2, -0.15) is 0 Å². The Hall–Kier alpha value is -2.76. The van der Waals surface area contributed by atoms with Crippen LogP contribution in [0, 0.1) is 12.7 Å². The fourth-order valence-electron chi connectivity index (χ4n) is 2.19. The highest BCUT2D eigenvalue weighted by Gasteiger charge is 2.15. The molecule has 1 amide bonds. The van der Waals surface area contributed by atoms with Crippen molar-refractivity contribution in [2.45, 2.75) is 6.92 Å². The van der Waals surface area contributed by atoms with Gasteiger partial charge in [0.1, 0.15) is 24.8 Å². The first-order valence-electron chi connectivity index (χ1n) is 7.20. The van der Waals surface area contributed by atoms with Gasteiger partial charge >= 0.3 is 0 Å². The van der Waals surface area contributed by atoms with Gasteiger partial charge in [0.2, 0.25) is 0 Å². The molecule has 1 aliphatic heterocycles.